The highest BCUT2D eigenvalue weighted by atomic mass is 16.5. The topological polar surface area (TPSA) is 9.23 Å². The Balaban J connectivity index is 1.77. The van der Waals surface area contributed by atoms with Crippen molar-refractivity contribution in [2.45, 2.75) is 65.4 Å². The molecule has 2 rings (SSSR count). The van der Waals surface area contributed by atoms with Gasteiger partial charge in [0.1, 0.15) is 12.4 Å². The van der Waals surface area contributed by atoms with Crippen molar-refractivity contribution in [3.8, 4) is 5.75 Å². The molecule has 0 bridgehead atoms. The zero-order valence-electron chi connectivity index (χ0n) is 15.8. The van der Waals surface area contributed by atoms with E-state index in [1.54, 1.807) is 0 Å². The summed E-state index contributed by atoms with van der Waals surface area (Å²) in [7, 11) is 0. The van der Waals surface area contributed by atoms with E-state index in [4.69, 9.17) is 4.74 Å². The van der Waals surface area contributed by atoms with Gasteiger partial charge in [0, 0.05) is 0 Å². The number of allylic oxidation sites excluding steroid dienone is 1. The third-order valence-corrected chi connectivity index (χ3v) is 4.39. The molecular weight excluding hydrogens is 304 g/mol. The van der Waals surface area contributed by atoms with Crippen molar-refractivity contribution < 1.29 is 4.74 Å². The number of aryl methyl sites for hydroxylation is 1. The fourth-order valence-electron chi connectivity index (χ4n) is 2.79. The molecule has 0 saturated heterocycles. The van der Waals surface area contributed by atoms with Gasteiger partial charge in [-0.15, -0.1) is 0 Å². The fourth-order valence-corrected chi connectivity index (χ4v) is 2.79. The summed E-state index contributed by atoms with van der Waals surface area (Å²) in [5.74, 6) is 0.927. The maximum atomic E-state index is 5.90. The first-order valence-electron chi connectivity index (χ1n) is 9.79. The van der Waals surface area contributed by atoms with Crippen molar-refractivity contribution in [3.05, 3.63) is 71.3 Å². The highest BCUT2D eigenvalue weighted by Gasteiger charge is 1.98. The van der Waals surface area contributed by atoms with E-state index >= 15 is 0 Å². The third-order valence-electron chi connectivity index (χ3n) is 4.39. The van der Waals surface area contributed by atoms with Gasteiger partial charge in [0.25, 0.3) is 0 Å². The zero-order chi connectivity index (χ0) is 17.7. The second-order valence-corrected chi connectivity index (χ2v) is 6.68. The first kappa shape index (κ1) is 19.3. The van der Waals surface area contributed by atoms with Gasteiger partial charge in [0.15, 0.2) is 0 Å². The minimum absolute atomic E-state index is 0.626. The Hall–Kier alpha value is -2.02. The standard InChI is InChI=1S/C24H32O/c1-3-5-7-9-11-21-12-14-23(15-13-21)20-25-24-18-16-22(17-19-24)10-8-6-4-2/h8,10,12-19H,3-7,9,11,20H2,1-2H3. The minimum Gasteiger partial charge on any atom is -0.489 e. The molecule has 0 saturated carbocycles. The number of rotatable bonds is 11. The van der Waals surface area contributed by atoms with Gasteiger partial charge in [-0.05, 0) is 48.1 Å². The van der Waals surface area contributed by atoms with Gasteiger partial charge >= 0.3 is 0 Å². The predicted octanol–water partition coefficient (Wildman–Crippen LogP) is 7.20. The van der Waals surface area contributed by atoms with Gasteiger partial charge in [-0.25, -0.2) is 0 Å². The van der Waals surface area contributed by atoms with Crippen LogP contribution in [0.3, 0.4) is 0 Å². The summed E-state index contributed by atoms with van der Waals surface area (Å²) in [5.41, 5.74) is 3.89. The molecule has 0 atom stereocenters. The lowest BCUT2D eigenvalue weighted by Crippen LogP contribution is -1.96. The van der Waals surface area contributed by atoms with E-state index < -0.39 is 0 Å². The van der Waals surface area contributed by atoms with E-state index in [1.807, 2.05) is 12.1 Å². The average molecular weight is 337 g/mol. The molecule has 0 fully saturated rings. The third kappa shape index (κ3) is 7.60. The van der Waals surface area contributed by atoms with Gasteiger partial charge in [-0.2, -0.15) is 0 Å². The maximum absolute atomic E-state index is 5.90. The molecule has 0 unspecified atom stereocenters. The molecule has 2 aromatic rings. The molecule has 0 aliphatic rings. The van der Waals surface area contributed by atoms with E-state index in [0.717, 1.165) is 12.2 Å². The number of hydrogen-bond acceptors (Lipinski definition) is 1. The molecule has 0 aromatic heterocycles. The Labute approximate surface area is 153 Å². The highest BCUT2D eigenvalue weighted by molar-refractivity contribution is 5.50. The van der Waals surface area contributed by atoms with Crippen LogP contribution in [-0.2, 0) is 13.0 Å². The molecule has 0 aliphatic heterocycles. The quantitative estimate of drug-likeness (QED) is 0.394. The Morgan fingerprint density at radius 1 is 0.760 bits per heavy atom. The highest BCUT2D eigenvalue weighted by Crippen LogP contribution is 2.16. The van der Waals surface area contributed by atoms with Crippen LogP contribution in [0.5, 0.6) is 5.75 Å². The Bertz CT molecular complexity index is 608. The summed E-state index contributed by atoms with van der Waals surface area (Å²) < 4.78 is 5.90. The van der Waals surface area contributed by atoms with Gasteiger partial charge in [-0.3, -0.25) is 0 Å². The lowest BCUT2D eigenvalue weighted by molar-refractivity contribution is 0.306. The lowest BCUT2D eigenvalue weighted by Gasteiger charge is -2.08. The second-order valence-electron chi connectivity index (χ2n) is 6.68. The van der Waals surface area contributed by atoms with Crippen molar-refractivity contribution in [1.82, 2.24) is 0 Å². The van der Waals surface area contributed by atoms with Gasteiger partial charge in [0.2, 0.25) is 0 Å². The van der Waals surface area contributed by atoms with Crippen LogP contribution in [0.25, 0.3) is 6.08 Å². The average Bonchev–Trinajstić information content (AvgIpc) is 2.66. The summed E-state index contributed by atoms with van der Waals surface area (Å²) in [6.07, 6.45) is 13.2. The van der Waals surface area contributed by atoms with Crippen LogP contribution in [0.15, 0.2) is 54.6 Å². The van der Waals surface area contributed by atoms with E-state index in [1.165, 1.54) is 55.2 Å². The van der Waals surface area contributed by atoms with Crippen molar-refractivity contribution in [2.24, 2.45) is 0 Å². The maximum Gasteiger partial charge on any atom is 0.119 e. The molecule has 2 aromatic carbocycles. The minimum atomic E-state index is 0.626. The predicted molar refractivity (Wildman–Crippen MR) is 109 cm³/mol. The van der Waals surface area contributed by atoms with Gasteiger partial charge < -0.3 is 4.74 Å². The summed E-state index contributed by atoms with van der Waals surface area (Å²) in [5, 5.41) is 0. The molecule has 0 amide bonds. The van der Waals surface area contributed by atoms with Crippen molar-refractivity contribution in [3.63, 3.8) is 0 Å². The largest absolute Gasteiger partial charge is 0.489 e. The van der Waals surface area contributed by atoms with Crippen LogP contribution >= 0.6 is 0 Å². The molecule has 0 N–H and O–H groups in total. The molecule has 0 radical (unpaired) electrons. The number of benzene rings is 2. The molecule has 0 spiro atoms. The summed E-state index contributed by atoms with van der Waals surface area (Å²) in [6, 6.07) is 17.2. The van der Waals surface area contributed by atoms with Crippen molar-refractivity contribution >= 4 is 6.08 Å². The SMILES string of the molecule is CCCC=Cc1ccc(OCc2ccc(CCCCCC)cc2)cc1. The van der Waals surface area contributed by atoms with Gasteiger partial charge in [0.05, 0.1) is 0 Å². The Morgan fingerprint density at radius 3 is 2.16 bits per heavy atom. The molecular formula is C24H32O. The van der Waals surface area contributed by atoms with E-state index in [9.17, 15) is 0 Å². The number of unbranched alkanes of at least 4 members (excludes halogenated alkanes) is 4. The molecule has 134 valence electrons. The van der Waals surface area contributed by atoms with Gasteiger partial charge in [-0.1, -0.05) is 88.1 Å². The smallest absolute Gasteiger partial charge is 0.119 e. The zero-order valence-corrected chi connectivity index (χ0v) is 15.8. The first-order valence-corrected chi connectivity index (χ1v) is 9.79. The van der Waals surface area contributed by atoms with E-state index in [0.29, 0.717) is 6.61 Å². The van der Waals surface area contributed by atoms with Crippen LogP contribution in [0, 0.1) is 0 Å². The van der Waals surface area contributed by atoms with Crippen LogP contribution in [0.4, 0.5) is 0 Å². The van der Waals surface area contributed by atoms with Crippen LogP contribution < -0.4 is 4.74 Å². The molecule has 0 aliphatic carbocycles. The number of ether oxygens (including phenoxy) is 1. The number of hydrogen-bond donors (Lipinski definition) is 0. The van der Waals surface area contributed by atoms with Crippen LogP contribution in [-0.4, -0.2) is 0 Å². The van der Waals surface area contributed by atoms with E-state index in [2.05, 4.69) is 62.4 Å². The lowest BCUT2D eigenvalue weighted by atomic mass is 10.0. The monoisotopic (exact) mass is 336 g/mol. The molecule has 25 heavy (non-hydrogen) atoms. The summed E-state index contributed by atoms with van der Waals surface area (Å²) >= 11 is 0. The second kappa shape index (κ2) is 11.5. The van der Waals surface area contributed by atoms with Crippen LogP contribution in [0.1, 0.15) is 69.1 Å². The Kier molecular flexibility index (Phi) is 8.90. The molecule has 0 heterocycles. The summed E-state index contributed by atoms with van der Waals surface area (Å²) in [4.78, 5) is 0. The van der Waals surface area contributed by atoms with Crippen molar-refractivity contribution in [1.29, 1.82) is 0 Å². The summed E-state index contributed by atoms with van der Waals surface area (Å²) in [6.45, 7) is 5.08. The van der Waals surface area contributed by atoms with E-state index in [-0.39, 0.29) is 0 Å². The Morgan fingerprint density at radius 2 is 1.48 bits per heavy atom. The van der Waals surface area contributed by atoms with Crippen LogP contribution in [0.2, 0.25) is 0 Å². The fraction of sp³-hybridized carbons (Fsp3) is 0.417. The normalized spacial score (nSPS) is 11.1. The first-order chi connectivity index (χ1) is 12.3. The molecule has 1 heteroatoms. The molecule has 1 nitrogen and oxygen atoms in total. The van der Waals surface area contributed by atoms with Crippen molar-refractivity contribution in [2.75, 3.05) is 0 Å².